The van der Waals surface area contributed by atoms with Gasteiger partial charge in [0.25, 0.3) is 0 Å². The fourth-order valence-corrected chi connectivity index (χ4v) is 4.28. The number of aromatic nitrogens is 4. The lowest BCUT2D eigenvalue weighted by molar-refractivity contribution is -0.116. The number of nitrogens with one attached hydrogen (secondary N) is 2. The molecule has 2 amide bonds. The van der Waals surface area contributed by atoms with Gasteiger partial charge in [0.05, 0.1) is 5.69 Å². The van der Waals surface area contributed by atoms with Crippen molar-refractivity contribution in [3.8, 4) is 5.82 Å². The second-order valence-electron chi connectivity index (χ2n) is 8.67. The van der Waals surface area contributed by atoms with Crippen molar-refractivity contribution >= 4 is 29.0 Å². The largest absolute Gasteiger partial charge is 0.355 e. The fourth-order valence-electron chi connectivity index (χ4n) is 4.28. The Balaban J connectivity index is 1.37. The molecule has 2 N–H and O–H groups in total. The van der Waals surface area contributed by atoms with E-state index in [2.05, 4.69) is 30.8 Å². The highest BCUT2D eigenvalue weighted by Gasteiger charge is 2.17. The van der Waals surface area contributed by atoms with Crippen LogP contribution in [0.4, 0.5) is 17.2 Å². The Labute approximate surface area is 199 Å². The van der Waals surface area contributed by atoms with Crippen LogP contribution in [0.5, 0.6) is 0 Å². The normalized spacial score (nSPS) is 13.6. The lowest BCUT2D eigenvalue weighted by Crippen LogP contribution is -2.30. The van der Waals surface area contributed by atoms with Crippen LogP contribution in [-0.4, -0.2) is 44.9 Å². The highest BCUT2D eigenvalue weighted by atomic mass is 16.2. The predicted molar refractivity (Wildman–Crippen MR) is 132 cm³/mol. The molecule has 9 nitrogen and oxygen atoms in total. The number of nitrogens with zero attached hydrogens (tertiary/aromatic N) is 5. The van der Waals surface area contributed by atoms with Gasteiger partial charge >= 0.3 is 0 Å². The van der Waals surface area contributed by atoms with Crippen molar-refractivity contribution < 1.29 is 9.59 Å². The second-order valence-corrected chi connectivity index (χ2v) is 8.67. The minimum atomic E-state index is -0.132. The summed E-state index contributed by atoms with van der Waals surface area (Å²) >= 11 is 0. The molecule has 3 heterocycles. The highest BCUT2D eigenvalue weighted by molar-refractivity contribution is 5.92. The van der Waals surface area contributed by atoms with Gasteiger partial charge in [0.2, 0.25) is 11.8 Å². The van der Waals surface area contributed by atoms with Crippen LogP contribution in [0.1, 0.15) is 49.6 Å². The average molecular weight is 462 g/mol. The van der Waals surface area contributed by atoms with E-state index in [0.29, 0.717) is 30.0 Å². The molecule has 0 radical (unpaired) electrons. The minimum Gasteiger partial charge on any atom is -0.355 e. The van der Waals surface area contributed by atoms with Gasteiger partial charge < -0.3 is 15.5 Å². The molecule has 1 saturated heterocycles. The molecule has 1 aliphatic heterocycles. The SMILES string of the molecule is CC(=O)Nc1ccc(NC(=O)CCc2c(C)nn(-c3ccc(N4CCCCC4)nn3)c2C)cc1. The molecule has 0 saturated carbocycles. The molecular formula is C25H31N7O2. The quantitative estimate of drug-likeness (QED) is 0.555. The van der Waals surface area contributed by atoms with Crippen molar-refractivity contribution in [2.75, 3.05) is 28.6 Å². The Morgan fingerprint density at radius 3 is 2.12 bits per heavy atom. The standard InChI is InChI=1S/C25H31N7O2/c1-17-22(11-14-25(34)27-21-9-7-20(8-10-21)26-19(3)33)18(2)32(30-17)24-13-12-23(28-29-24)31-15-5-4-6-16-31/h7-10,12-13H,4-6,11,14-16H2,1-3H3,(H,26,33)(H,27,34). The summed E-state index contributed by atoms with van der Waals surface area (Å²) in [5.41, 5.74) is 4.26. The molecule has 0 aliphatic carbocycles. The van der Waals surface area contributed by atoms with Crippen LogP contribution in [0.15, 0.2) is 36.4 Å². The zero-order valence-electron chi connectivity index (χ0n) is 20.0. The van der Waals surface area contributed by atoms with Crippen molar-refractivity contribution in [3.63, 3.8) is 0 Å². The van der Waals surface area contributed by atoms with E-state index in [0.717, 1.165) is 35.9 Å². The molecular weight excluding hydrogens is 430 g/mol. The van der Waals surface area contributed by atoms with E-state index in [4.69, 9.17) is 0 Å². The van der Waals surface area contributed by atoms with Gasteiger partial charge in [0.1, 0.15) is 0 Å². The maximum atomic E-state index is 12.5. The molecule has 3 aromatic rings. The first-order valence-electron chi connectivity index (χ1n) is 11.7. The Bertz CT molecular complexity index is 1150. The first-order chi connectivity index (χ1) is 16.4. The number of carbonyl (C=O) groups is 2. The van der Waals surface area contributed by atoms with Crippen molar-refractivity contribution in [1.29, 1.82) is 0 Å². The molecule has 1 aliphatic rings. The van der Waals surface area contributed by atoms with Gasteiger partial charge in [0.15, 0.2) is 11.6 Å². The third-order valence-electron chi connectivity index (χ3n) is 6.07. The molecule has 1 fully saturated rings. The molecule has 2 aromatic heterocycles. The summed E-state index contributed by atoms with van der Waals surface area (Å²) in [6, 6.07) is 11.0. The van der Waals surface area contributed by atoms with E-state index in [1.807, 2.05) is 26.0 Å². The Kier molecular flexibility index (Phi) is 7.20. The number of hydrogen-bond acceptors (Lipinski definition) is 6. The molecule has 4 rings (SSSR count). The van der Waals surface area contributed by atoms with Gasteiger partial charge in [0, 0.05) is 43.5 Å². The van der Waals surface area contributed by atoms with Gasteiger partial charge in [-0.15, -0.1) is 10.2 Å². The highest BCUT2D eigenvalue weighted by Crippen LogP contribution is 2.21. The van der Waals surface area contributed by atoms with Crippen molar-refractivity contribution in [2.45, 2.75) is 52.9 Å². The fraction of sp³-hybridized carbons (Fsp3) is 0.400. The van der Waals surface area contributed by atoms with Gasteiger partial charge in [-0.25, -0.2) is 4.68 Å². The predicted octanol–water partition coefficient (Wildman–Crippen LogP) is 3.80. The third kappa shape index (κ3) is 5.59. The summed E-state index contributed by atoms with van der Waals surface area (Å²) in [5, 5.41) is 19.1. The Hall–Kier alpha value is -3.75. The van der Waals surface area contributed by atoms with Crippen LogP contribution < -0.4 is 15.5 Å². The minimum absolute atomic E-state index is 0.0792. The molecule has 0 atom stereocenters. The summed E-state index contributed by atoms with van der Waals surface area (Å²) < 4.78 is 1.80. The summed E-state index contributed by atoms with van der Waals surface area (Å²) in [4.78, 5) is 25.9. The Morgan fingerprint density at radius 2 is 1.50 bits per heavy atom. The second kappa shape index (κ2) is 10.5. The van der Waals surface area contributed by atoms with Crippen molar-refractivity contribution in [1.82, 2.24) is 20.0 Å². The Morgan fingerprint density at radius 1 is 0.882 bits per heavy atom. The number of hydrogen-bond donors (Lipinski definition) is 2. The average Bonchev–Trinajstić information content (AvgIpc) is 3.12. The van der Waals surface area contributed by atoms with Crippen LogP contribution >= 0.6 is 0 Å². The van der Waals surface area contributed by atoms with Crippen LogP contribution in [0, 0.1) is 13.8 Å². The van der Waals surface area contributed by atoms with Crippen LogP contribution in [0.2, 0.25) is 0 Å². The topological polar surface area (TPSA) is 105 Å². The molecule has 34 heavy (non-hydrogen) atoms. The van der Waals surface area contributed by atoms with Gasteiger partial charge in [-0.2, -0.15) is 5.10 Å². The number of aryl methyl sites for hydroxylation is 1. The number of carbonyl (C=O) groups excluding carboxylic acids is 2. The summed E-state index contributed by atoms with van der Waals surface area (Å²) in [5.74, 6) is 1.37. The summed E-state index contributed by atoms with van der Waals surface area (Å²) in [6.07, 6.45) is 4.58. The third-order valence-corrected chi connectivity index (χ3v) is 6.07. The van der Waals surface area contributed by atoms with E-state index >= 15 is 0 Å². The number of rotatable bonds is 7. The first kappa shape index (κ1) is 23.4. The number of benzene rings is 1. The van der Waals surface area contributed by atoms with Crippen LogP contribution in [-0.2, 0) is 16.0 Å². The maximum absolute atomic E-state index is 12.5. The van der Waals surface area contributed by atoms with Gasteiger partial charge in [-0.3, -0.25) is 9.59 Å². The number of piperidine rings is 1. The zero-order valence-corrected chi connectivity index (χ0v) is 20.0. The van der Waals surface area contributed by atoms with Crippen LogP contribution in [0.25, 0.3) is 5.82 Å². The smallest absolute Gasteiger partial charge is 0.224 e. The van der Waals surface area contributed by atoms with Gasteiger partial charge in [-0.05, 0) is 81.5 Å². The van der Waals surface area contributed by atoms with E-state index in [-0.39, 0.29) is 11.8 Å². The number of amides is 2. The van der Waals surface area contributed by atoms with Gasteiger partial charge in [-0.1, -0.05) is 0 Å². The van der Waals surface area contributed by atoms with E-state index < -0.39 is 0 Å². The van der Waals surface area contributed by atoms with Crippen molar-refractivity contribution in [2.24, 2.45) is 0 Å². The molecule has 0 unspecified atom stereocenters. The summed E-state index contributed by atoms with van der Waals surface area (Å²) in [6.45, 7) is 7.46. The van der Waals surface area contributed by atoms with Crippen LogP contribution in [0.3, 0.4) is 0 Å². The maximum Gasteiger partial charge on any atom is 0.224 e. The molecule has 1 aromatic carbocycles. The number of anilines is 3. The van der Waals surface area contributed by atoms with E-state index in [1.54, 1.807) is 28.9 Å². The molecule has 0 bridgehead atoms. The summed E-state index contributed by atoms with van der Waals surface area (Å²) in [7, 11) is 0. The monoisotopic (exact) mass is 461 g/mol. The molecule has 0 spiro atoms. The molecule has 178 valence electrons. The van der Waals surface area contributed by atoms with Crippen molar-refractivity contribution in [3.05, 3.63) is 53.3 Å². The van der Waals surface area contributed by atoms with E-state index in [9.17, 15) is 9.59 Å². The lowest BCUT2D eigenvalue weighted by atomic mass is 10.1. The lowest BCUT2D eigenvalue weighted by Gasteiger charge is -2.27. The zero-order chi connectivity index (χ0) is 24.1. The molecule has 9 heteroatoms. The first-order valence-corrected chi connectivity index (χ1v) is 11.7. The van der Waals surface area contributed by atoms with E-state index in [1.165, 1.54) is 26.2 Å².